The molecule has 0 heterocycles. The summed E-state index contributed by atoms with van der Waals surface area (Å²) in [5.41, 5.74) is 5.82. The Labute approximate surface area is 116 Å². The molecule has 0 fully saturated rings. The van der Waals surface area contributed by atoms with Crippen LogP contribution in [-0.2, 0) is 0 Å². The topological polar surface area (TPSA) is 81.4 Å². The molecule has 2 aromatic carbocycles. The second kappa shape index (κ2) is 5.61. The van der Waals surface area contributed by atoms with Crippen LogP contribution in [0.25, 0.3) is 10.8 Å². The molecule has 0 atom stereocenters. The number of nitrogens with two attached hydrogens (primary N) is 1. The highest BCUT2D eigenvalue weighted by molar-refractivity contribution is 6.16. The molecule has 0 aliphatic heterocycles. The number of primary amides is 1. The van der Waals surface area contributed by atoms with Gasteiger partial charge in [-0.2, -0.15) is 0 Å². The van der Waals surface area contributed by atoms with Gasteiger partial charge in [0, 0.05) is 12.4 Å². The van der Waals surface area contributed by atoms with Crippen molar-refractivity contribution < 1.29 is 14.3 Å². The zero-order chi connectivity index (χ0) is 14.7. The molecule has 104 valence electrons. The maximum absolute atomic E-state index is 12.1. The lowest BCUT2D eigenvalue weighted by Crippen LogP contribution is -2.24. The van der Waals surface area contributed by atoms with Gasteiger partial charge < -0.3 is 15.8 Å². The van der Waals surface area contributed by atoms with Gasteiger partial charge in [-0.15, -0.1) is 0 Å². The smallest absolute Gasteiger partial charge is 0.252 e. The Morgan fingerprint density at radius 2 is 1.90 bits per heavy atom. The minimum Gasteiger partial charge on any atom is -0.493 e. The third-order valence-electron chi connectivity index (χ3n) is 3.03. The third kappa shape index (κ3) is 2.30. The molecule has 0 spiro atoms. The minimum atomic E-state index is -0.657. The van der Waals surface area contributed by atoms with Crippen LogP contribution in [0.4, 0.5) is 0 Å². The predicted molar refractivity (Wildman–Crippen MR) is 77.0 cm³/mol. The Hall–Kier alpha value is -2.56. The van der Waals surface area contributed by atoms with E-state index in [1.54, 1.807) is 12.1 Å². The van der Waals surface area contributed by atoms with Crippen molar-refractivity contribution in [1.82, 2.24) is 5.32 Å². The molecule has 3 N–H and O–H groups in total. The van der Waals surface area contributed by atoms with E-state index in [1.165, 1.54) is 13.1 Å². The standard InChI is InChI=1S/C15H16N2O3/c1-3-20-12-8-11(14(16)18)13(15(19)17-2)10-7-5-4-6-9(10)12/h4-8H,3H2,1-2H3,(H2,16,18)(H,17,19). The van der Waals surface area contributed by atoms with Crippen LogP contribution in [0.1, 0.15) is 27.6 Å². The average Bonchev–Trinajstić information content (AvgIpc) is 2.46. The summed E-state index contributed by atoms with van der Waals surface area (Å²) in [5, 5.41) is 3.95. The van der Waals surface area contributed by atoms with Gasteiger partial charge in [0.15, 0.2) is 0 Å². The number of amides is 2. The number of carbonyl (C=O) groups is 2. The number of ether oxygens (including phenoxy) is 1. The molecule has 0 aliphatic rings. The van der Waals surface area contributed by atoms with Crippen molar-refractivity contribution in [2.75, 3.05) is 13.7 Å². The number of hydrogen-bond donors (Lipinski definition) is 2. The van der Waals surface area contributed by atoms with E-state index in [0.717, 1.165) is 5.39 Å². The van der Waals surface area contributed by atoms with Crippen LogP contribution in [0, 0.1) is 0 Å². The Morgan fingerprint density at radius 1 is 1.25 bits per heavy atom. The molecule has 0 radical (unpaired) electrons. The fraction of sp³-hybridized carbons (Fsp3) is 0.200. The summed E-state index contributed by atoms with van der Waals surface area (Å²) in [4.78, 5) is 23.7. The Morgan fingerprint density at radius 3 is 2.45 bits per heavy atom. The quantitative estimate of drug-likeness (QED) is 0.888. The Balaban J connectivity index is 2.87. The molecule has 0 saturated heterocycles. The van der Waals surface area contributed by atoms with Crippen LogP contribution in [0.3, 0.4) is 0 Å². The van der Waals surface area contributed by atoms with Crippen molar-refractivity contribution in [3.05, 3.63) is 41.5 Å². The molecule has 0 saturated carbocycles. The average molecular weight is 272 g/mol. The van der Waals surface area contributed by atoms with Gasteiger partial charge in [0.25, 0.3) is 5.91 Å². The fourth-order valence-electron chi connectivity index (χ4n) is 2.18. The van der Waals surface area contributed by atoms with Crippen LogP contribution in [0.15, 0.2) is 30.3 Å². The van der Waals surface area contributed by atoms with Crippen molar-refractivity contribution in [3.63, 3.8) is 0 Å². The molecule has 2 rings (SSSR count). The fourth-order valence-corrected chi connectivity index (χ4v) is 2.18. The van der Waals surface area contributed by atoms with Gasteiger partial charge in [0.2, 0.25) is 5.91 Å². The van der Waals surface area contributed by atoms with Crippen LogP contribution in [-0.4, -0.2) is 25.5 Å². The van der Waals surface area contributed by atoms with Crippen molar-refractivity contribution in [1.29, 1.82) is 0 Å². The summed E-state index contributed by atoms with van der Waals surface area (Å²) >= 11 is 0. The summed E-state index contributed by atoms with van der Waals surface area (Å²) in [7, 11) is 1.51. The van der Waals surface area contributed by atoms with E-state index in [4.69, 9.17) is 10.5 Å². The summed E-state index contributed by atoms with van der Waals surface area (Å²) in [5.74, 6) is -0.460. The molecular formula is C15H16N2O3. The van der Waals surface area contributed by atoms with E-state index in [2.05, 4.69) is 5.32 Å². The summed E-state index contributed by atoms with van der Waals surface area (Å²) in [6.45, 7) is 2.31. The number of carbonyl (C=O) groups excluding carboxylic acids is 2. The Kier molecular flexibility index (Phi) is 3.89. The molecule has 0 aromatic heterocycles. The first-order valence-corrected chi connectivity index (χ1v) is 6.30. The number of fused-ring (bicyclic) bond motifs is 1. The van der Waals surface area contributed by atoms with Gasteiger partial charge in [-0.25, -0.2) is 0 Å². The molecular weight excluding hydrogens is 256 g/mol. The lowest BCUT2D eigenvalue weighted by molar-refractivity contribution is 0.0945. The molecule has 0 unspecified atom stereocenters. The summed E-state index contributed by atoms with van der Waals surface area (Å²) in [6.07, 6.45) is 0. The monoisotopic (exact) mass is 272 g/mol. The highest BCUT2D eigenvalue weighted by atomic mass is 16.5. The molecule has 5 heteroatoms. The van der Waals surface area contributed by atoms with E-state index < -0.39 is 5.91 Å². The first-order valence-electron chi connectivity index (χ1n) is 6.30. The van der Waals surface area contributed by atoms with E-state index in [1.807, 2.05) is 19.1 Å². The zero-order valence-electron chi connectivity index (χ0n) is 11.4. The number of hydrogen-bond acceptors (Lipinski definition) is 3. The zero-order valence-corrected chi connectivity index (χ0v) is 11.4. The van der Waals surface area contributed by atoms with Gasteiger partial charge in [0.05, 0.1) is 17.7 Å². The number of benzene rings is 2. The van der Waals surface area contributed by atoms with Crippen LogP contribution in [0.2, 0.25) is 0 Å². The predicted octanol–water partition coefficient (Wildman–Crippen LogP) is 1.70. The maximum atomic E-state index is 12.1. The summed E-state index contributed by atoms with van der Waals surface area (Å²) in [6, 6.07) is 8.79. The van der Waals surface area contributed by atoms with Crippen molar-refractivity contribution in [2.24, 2.45) is 5.73 Å². The third-order valence-corrected chi connectivity index (χ3v) is 3.03. The Bertz CT molecular complexity index is 680. The van der Waals surface area contributed by atoms with Gasteiger partial charge in [-0.1, -0.05) is 24.3 Å². The van der Waals surface area contributed by atoms with Crippen molar-refractivity contribution >= 4 is 22.6 Å². The molecule has 2 aromatic rings. The first kappa shape index (κ1) is 13.9. The maximum Gasteiger partial charge on any atom is 0.252 e. The largest absolute Gasteiger partial charge is 0.493 e. The molecule has 5 nitrogen and oxygen atoms in total. The highest BCUT2D eigenvalue weighted by Gasteiger charge is 2.20. The molecule has 0 aliphatic carbocycles. The van der Waals surface area contributed by atoms with Gasteiger partial charge >= 0.3 is 0 Å². The van der Waals surface area contributed by atoms with E-state index in [0.29, 0.717) is 17.7 Å². The molecule has 20 heavy (non-hydrogen) atoms. The number of rotatable bonds is 4. The SMILES string of the molecule is CCOc1cc(C(N)=O)c(C(=O)NC)c2ccccc12. The van der Waals surface area contributed by atoms with Crippen LogP contribution >= 0.6 is 0 Å². The van der Waals surface area contributed by atoms with E-state index in [9.17, 15) is 9.59 Å². The van der Waals surface area contributed by atoms with E-state index >= 15 is 0 Å². The van der Waals surface area contributed by atoms with Crippen molar-refractivity contribution in [3.8, 4) is 5.75 Å². The number of nitrogens with one attached hydrogen (secondary N) is 1. The van der Waals surface area contributed by atoms with Gasteiger partial charge in [0.1, 0.15) is 5.75 Å². The highest BCUT2D eigenvalue weighted by Crippen LogP contribution is 2.31. The van der Waals surface area contributed by atoms with E-state index in [-0.39, 0.29) is 17.0 Å². The summed E-state index contributed by atoms with van der Waals surface area (Å²) < 4.78 is 5.54. The van der Waals surface area contributed by atoms with Crippen LogP contribution in [0.5, 0.6) is 5.75 Å². The second-order valence-electron chi connectivity index (χ2n) is 4.22. The molecule has 2 amide bonds. The van der Waals surface area contributed by atoms with Crippen LogP contribution < -0.4 is 15.8 Å². The lowest BCUT2D eigenvalue weighted by atomic mass is 9.97. The second-order valence-corrected chi connectivity index (χ2v) is 4.22. The minimum absolute atomic E-state index is 0.159. The van der Waals surface area contributed by atoms with Crippen molar-refractivity contribution in [2.45, 2.75) is 6.92 Å². The first-order chi connectivity index (χ1) is 9.60. The molecule has 0 bridgehead atoms. The normalized spacial score (nSPS) is 10.3. The van der Waals surface area contributed by atoms with Gasteiger partial charge in [-0.3, -0.25) is 9.59 Å². The van der Waals surface area contributed by atoms with Gasteiger partial charge in [-0.05, 0) is 18.4 Å². The lowest BCUT2D eigenvalue weighted by Gasteiger charge is -2.14.